The Labute approximate surface area is 152 Å². The minimum absolute atomic E-state index is 0.0172. The molecular weight excluding hydrogens is 318 g/mol. The summed E-state index contributed by atoms with van der Waals surface area (Å²) >= 11 is 0. The zero-order chi connectivity index (χ0) is 17.8. The maximum atomic E-state index is 13.4. The van der Waals surface area contributed by atoms with Gasteiger partial charge >= 0.3 is 0 Å². The van der Waals surface area contributed by atoms with E-state index in [-0.39, 0.29) is 5.78 Å². The Morgan fingerprint density at radius 1 is 0.615 bits per heavy atom. The van der Waals surface area contributed by atoms with Crippen LogP contribution in [0.4, 0.5) is 0 Å². The number of benzene rings is 3. The van der Waals surface area contributed by atoms with Gasteiger partial charge in [-0.3, -0.25) is 9.78 Å². The second-order valence-electron chi connectivity index (χ2n) is 6.01. The number of hydrogen-bond donors (Lipinski definition) is 0. The number of carbonyl (C=O) groups is 1. The first kappa shape index (κ1) is 16.0. The molecule has 124 valence electrons. The first-order valence-electron chi connectivity index (χ1n) is 8.54. The van der Waals surface area contributed by atoms with Crippen LogP contribution in [0, 0.1) is 0 Å². The van der Waals surface area contributed by atoms with E-state index >= 15 is 0 Å². The van der Waals surface area contributed by atoms with Gasteiger partial charge < -0.3 is 0 Å². The Morgan fingerprint density at radius 2 is 1.15 bits per heavy atom. The number of rotatable bonds is 4. The van der Waals surface area contributed by atoms with E-state index in [1.165, 1.54) is 0 Å². The molecule has 4 rings (SSSR count). The number of pyridine rings is 1. The zero-order valence-corrected chi connectivity index (χ0v) is 14.2. The summed E-state index contributed by atoms with van der Waals surface area (Å²) in [4.78, 5) is 18.0. The summed E-state index contributed by atoms with van der Waals surface area (Å²) in [6, 6.07) is 31.1. The van der Waals surface area contributed by atoms with Crippen molar-refractivity contribution in [2.75, 3.05) is 0 Å². The normalized spacial score (nSPS) is 10.5. The Hall–Kier alpha value is -3.52. The number of ketones is 1. The lowest BCUT2D eigenvalue weighted by Crippen LogP contribution is -2.07. The van der Waals surface area contributed by atoms with Crippen LogP contribution in [0.2, 0.25) is 0 Å². The quantitative estimate of drug-likeness (QED) is 0.451. The van der Waals surface area contributed by atoms with E-state index in [9.17, 15) is 4.79 Å². The van der Waals surface area contributed by atoms with Crippen molar-refractivity contribution in [2.24, 2.45) is 0 Å². The van der Waals surface area contributed by atoms with Crippen LogP contribution in [0.3, 0.4) is 0 Å². The summed E-state index contributed by atoms with van der Waals surface area (Å²) in [6.45, 7) is 0. The van der Waals surface area contributed by atoms with Gasteiger partial charge in [0.15, 0.2) is 5.78 Å². The Balaban J connectivity index is 1.98. The van der Waals surface area contributed by atoms with Crippen LogP contribution in [0.25, 0.3) is 22.4 Å². The second-order valence-corrected chi connectivity index (χ2v) is 6.01. The molecule has 0 fully saturated rings. The lowest BCUT2D eigenvalue weighted by Gasteiger charge is -2.14. The van der Waals surface area contributed by atoms with Gasteiger partial charge in [0.1, 0.15) is 0 Å². The highest BCUT2D eigenvalue weighted by Gasteiger charge is 2.20. The van der Waals surface area contributed by atoms with Crippen LogP contribution in [-0.4, -0.2) is 10.8 Å². The first-order chi connectivity index (χ1) is 12.8. The topological polar surface area (TPSA) is 30.0 Å². The van der Waals surface area contributed by atoms with Crippen LogP contribution >= 0.6 is 0 Å². The van der Waals surface area contributed by atoms with Crippen molar-refractivity contribution in [2.45, 2.75) is 0 Å². The maximum Gasteiger partial charge on any atom is 0.195 e. The molecule has 0 aliphatic heterocycles. The van der Waals surface area contributed by atoms with Crippen LogP contribution in [-0.2, 0) is 0 Å². The molecule has 1 aromatic heterocycles. The predicted octanol–water partition coefficient (Wildman–Crippen LogP) is 5.65. The fourth-order valence-corrected chi connectivity index (χ4v) is 3.10. The van der Waals surface area contributed by atoms with Gasteiger partial charge in [-0.25, -0.2) is 0 Å². The number of aromatic nitrogens is 1. The summed E-state index contributed by atoms with van der Waals surface area (Å²) in [5.74, 6) is -0.0172. The fraction of sp³-hybridized carbons (Fsp3) is 0. The molecule has 2 heteroatoms. The number of nitrogens with zero attached hydrogens (tertiary/aromatic N) is 1. The smallest absolute Gasteiger partial charge is 0.195 e. The zero-order valence-electron chi connectivity index (χ0n) is 14.2. The van der Waals surface area contributed by atoms with E-state index < -0.39 is 0 Å². The monoisotopic (exact) mass is 335 g/mol. The molecule has 1 heterocycles. The van der Waals surface area contributed by atoms with Crippen LogP contribution in [0.1, 0.15) is 15.9 Å². The average molecular weight is 335 g/mol. The van der Waals surface area contributed by atoms with Gasteiger partial charge in [-0.1, -0.05) is 91.0 Å². The maximum absolute atomic E-state index is 13.4. The molecule has 0 bridgehead atoms. The molecule has 0 saturated carbocycles. The summed E-state index contributed by atoms with van der Waals surface area (Å²) in [7, 11) is 0. The van der Waals surface area contributed by atoms with Crippen LogP contribution in [0.15, 0.2) is 103 Å². The second kappa shape index (κ2) is 7.16. The van der Waals surface area contributed by atoms with Crippen LogP contribution < -0.4 is 0 Å². The van der Waals surface area contributed by atoms with E-state index in [0.717, 1.165) is 16.7 Å². The Bertz CT molecular complexity index is 968. The molecule has 26 heavy (non-hydrogen) atoms. The predicted molar refractivity (Wildman–Crippen MR) is 105 cm³/mol. The lowest BCUT2D eigenvalue weighted by atomic mass is 9.91. The van der Waals surface area contributed by atoms with Gasteiger partial charge in [-0.2, -0.15) is 0 Å². The van der Waals surface area contributed by atoms with Crippen LogP contribution in [0.5, 0.6) is 0 Å². The van der Waals surface area contributed by atoms with E-state index in [1.807, 2.05) is 97.1 Å². The van der Waals surface area contributed by atoms with Gasteiger partial charge in [-0.15, -0.1) is 0 Å². The van der Waals surface area contributed by atoms with Crippen molar-refractivity contribution in [3.63, 3.8) is 0 Å². The Morgan fingerprint density at radius 3 is 1.77 bits per heavy atom. The molecule has 0 aliphatic rings. The molecule has 0 radical (unpaired) electrons. The molecule has 0 atom stereocenters. The minimum atomic E-state index is -0.0172. The molecule has 2 nitrogen and oxygen atoms in total. The molecule has 0 unspecified atom stereocenters. The van der Waals surface area contributed by atoms with E-state index in [2.05, 4.69) is 4.98 Å². The van der Waals surface area contributed by atoms with E-state index in [1.54, 1.807) is 6.20 Å². The third-order valence-electron chi connectivity index (χ3n) is 4.35. The molecule has 0 amide bonds. The van der Waals surface area contributed by atoms with E-state index in [4.69, 9.17) is 0 Å². The van der Waals surface area contributed by atoms with Crippen molar-refractivity contribution in [1.29, 1.82) is 0 Å². The van der Waals surface area contributed by atoms with E-state index in [0.29, 0.717) is 16.8 Å². The molecule has 0 saturated heterocycles. The highest BCUT2D eigenvalue weighted by atomic mass is 16.1. The standard InChI is InChI=1S/C24H17NO/c26-24(20-14-8-3-9-15-20)22-21(18-10-4-1-5-11-18)16-17-25-23(22)19-12-6-2-7-13-19/h1-17H. The number of carbonyl (C=O) groups excluding carboxylic acids is 1. The van der Waals surface area contributed by atoms with Crippen molar-refractivity contribution < 1.29 is 4.79 Å². The minimum Gasteiger partial charge on any atom is -0.289 e. The molecule has 0 spiro atoms. The molecule has 0 aliphatic carbocycles. The third kappa shape index (κ3) is 3.05. The first-order valence-corrected chi connectivity index (χ1v) is 8.54. The van der Waals surface area contributed by atoms with Gasteiger partial charge in [0, 0.05) is 17.3 Å². The Kier molecular flexibility index (Phi) is 4.40. The molecule has 3 aromatic carbocycles. The van der Waals surface area contributed by atoms with Gasteiger partial charge in [0.05, 0.1) is 11.3 Å². The lowest BCUT2D eigenvalue weighted by molar-refractivity contribution is 0.103. The van der Waals surface area contributed by atoms with Crippen molar-refractivity contribution in [3.8, 4) is 22.4 Å². The van der Waals surface area contributed by atoms with Gasteiger partial charge in [0.2, 0.25) is 0 Å². The van der Waals surface area contributed by atoms with Crippen molar-refractivity contribution in [1.82, 2.24) is 4.98 Å². The van der Waals surface area contributed by atoms with Gasteiger partial charge in [0.25, 0.3) is 0 Å². The number of hydrogen-bond acceptors (Lipinski definition) is 2. The van der Waals surface area contributed by atoms with Gasteiger partial charge in [-0.05, 0) is 17.2 Å². The largest absolute Gasteiger partial charge is 0.289 e. The van der Waals surface area contributed by atoms with Crippen molar-refractivity contribution >= 4 is 5.78 Å². The highest BCUT2D eigenvalue weighted by Crippen LogP contribution is 2.32. The molecule has 4 aromatic rings. The average Bonchev–Trinajstić information content (AvgIpc) is 2.74. The fourth-order valence-electron chi connectivity index (χ4n) is 3.10. The molecule has 0 N–H and O–H groups in total. The van der Waals surface area contributed by atoms with Crippen molar-refractivity contribution in [3.05, 3.63) is 114 Å². The SMILES string of the molecule is O=C(c1ccccc1)c1c(-c2ccccc2)ccnc1-c1ccccc1. The molecular formula is C24H17NO. The third-order valence-corrected chi connectivity index (χ3v) is 4.35. The summed E-state index contributed by atoms with van der Waals surface area (Å²) < 4.78 is 0. The summed E-state index contributed by atoms with van der Waals surface area (Å²) in [5.41, 5.74) is 4.84. The summed E-state index contributed by atoms with van der Waals surface area (Å²) in [5, 5.41) is 0. The highest BCUT2D eigenvalue weighted by molar-refractivity contribution is 6.16. The summed E-state index contributed by atoms with van der Waals surface area (Å²) in [6.07, 6.45) is 1.77.